The summed E-state index contributed by atoms with van der Waals surface area (Å²) in [6, 6.07) is 1.80. The fourth-order valence-corrected chi connectivity index (χ4v) is 4.65. The molecule has 0 aliphatic carbocycles. The molecule has 150 valence electrons. The second-order valence-corrected chi connectivity index (χ2v) is 7.93. The van der Waals surface area contributed by atoms with E-state index in [4.69, 9.17) is 0 Å². The molecular weight excluding hydrogens is 356 g/mol. The number of hydrogen-bond acceptors (Lipinski definition) is 6. The summed E-state index contributed by atoms with van der Waals surface area (Å²) in [7, 11) is 0. The maximum Gasteiger partial charge on any atom is 0.257 e. The fourth-order valence-electron chi connectivity index (χ4n) is 4.65. The summed E-state index contributed by atoms with van der Waals surface area (Å²) in [5.41, 5.74) is 1.21. The Morgan fingerprint density at radius 3 is 2.79 bits per heavy atom. The van der Waals surface area contributed by atoms with Gasteiger partial charge < -0.3 is 14.9 Å². The summed E-state index contributed by atoms with van der Waals surface area (Å²) in [5.74, 6) is 0.703. The van der Waals surface area contributed by atoms with Gasteiger partial charge in [0.05, 0.1) is 17.9 Å². The molecule has 1 amide bonds. The minimum atomic E-state index is -0.428. The molecule has 0 radical (unpaired) electrons. The molecule has 0 unspecified atom stereocenters. The van der Waals surface area contributed by atoms with E-state index < -0.39 is 6.10 Å². The van der Waals surface area contributed by atoms with Gasteiger partial charge in [-0.25, -0.2) is 9.97 Å². The van der Waals surface area contributed by atoms with E-state index in [0.29, 0.717) is 37.6 Å². The second-order valence-electron chi connectivity index (χ2n) is 7.93. The average molecular weight is 384 g/mol. The van der Waals surface area contributed by atoms with Crippen LogP contribution in [0.5, 0.6) is 0 Å². The Balaban J connectivity index is 1.55. The number of aliphatic hydroxyl groups is 1. The van der Waals surface area contributed by atoms with Crippen LogP contribution in [-0.4, -0.2) is 67.9 Å². The summed E-state index contributed by atoms with van der Waals surface area (Å²) in [4.78, 5) is 26.0. The quantitative estimate of drug-likeness (QED) is 0.863. The third kappa shape index (κ3) is 3.26. The molecule has 2 fully saturated rings. The summed E-state index contributed by atoms with van der Waals surface area (Å²) in [5, 5.41) is 15.2. The number of hydrogen-bond donors (Lipinski definition) is 1. The lowest BCUT2D eigenvalue weighted by molar-refractivity contribution is -0.0364. The lowest BCUT2D eigenvalue weighted by Crippen LogP contribution is -2.60. The average Bonchev–Trinajstić information content (AvgIpc) is 3.11. The first-order valence-electron chi connectivity index (χ1n) is 10.1. The minimum absolute atomic E-state index is 0.0107. The largest absolute Gasteiger partial charge is 0.392 e. The van der Waals surface area contributed by atoms with Gasteiger partial charge in [-0.15, -0.1) is 0 Å². The predicted molar refractivity (Wildman–Crippen MR) is 105 cm³/mol. The van der Waals surface area contributed by atoms with Crippen molar-refractivity contribution in [3.63, 3.8) is 0 Å². The number of nitrogens with zero attached hydrogens (tertiary/aromatic N) is 6. The minimum Gasteiger partial charge on any atom is -0.392 e. The molecule has 2 saturated heterocycles. The molecule has 2 aromatic rings. The Kier molecular flexibility index (Phi) is 5.05. The van der Waals surface area contributed by atoms with E-state index in [2.05, 4.69) is 20.0 Å². The van der Waals surface area contributed by atoms with Crippen LogP contribution in [0.25, 0.3) is 0 Å². The van der Waals surface area contributed by atoms with E-state index in [0.717, 1.165) is 31.6 Å². The highest BCUT2D eigenvalue weighted by Gasteiger charge is 2.47. The first-order chi connectivity index (χ1) is 13.5. The van der Waals surface area contributed by atoms with Crippen LogP contribution in [0.15, 0.2) is 24.7 Å². The van der Waals surface area contributed by atoms with Gasteiger partial charge in [-0.05, 0) is 39.2 Å². The van der Waals surface area contributed by atoms with Gasteiger partial charge in [-0.2, -0.15) is 5.10 Å². The molecule has 1 spiro atoms. The van der Waals surface area contributed by atoms with Gasteiger partial charge in [0, 0.05) is 56.2 Å². The molecular formula is C20H28N6O2. The molecule has 8 nitrogen and oxygen atoms in total. The van der Waals surface area contributed by atoms with Crippen molar-refractivity contribution in [3.05, 3.63) is 35.9 Å². The maximum atomic E-state index is 13.2. The van der Waals surface area contributed by atoms with E-state index in [9.17, 15) is 9.90 Å². The fraction of sp³-hybridized carbons (Fsp3) is 0.600. The van der Waals surface area contributed by atoms with Crippen molar-refractivity contribution in [1.29, 1.82) is 0 Å². The van der Waals surface area contributed by atoms with E-state index >= 15 is 0 Å². The highest BCUT2D eigenvalue weighted by atomic mass is 16.3. The first kappa shape index (κ1) is 18.9. The number of piperidine rings is 2. The predicted octanol–water partition coefficient (Wildman–Crippen LogP) is 1.50. The molecule has 28 heavy (non-hydrogen) atoms. The Morgan fingerprint density at radius 1 is 1.29 bits per heavy atom. The highest BCUT2D eigenvalue weighted by Crippen LogP contribution is 2.40. The molecule has 0 saturated carbocycles. The molecule has 4 rings (SSSR count). The Morgan fingerprint density at radius 2 is 2.07 bits per heavy atom. The molecule has 2 atom stereocenters. The normalized spacial score (nSPS) is 25.3. The van der Waals surface area contributed by atoms with Crippen LogP contribution >= 0.6 is 0 Å². The summed E-state index contributed by atoms with van der Waals surface area (Å²) < 4.78 is 1.84. The van der Waals surface area contributed by atoms with Gasteiger partial charge in [0.25, 0.3) is 5.91 Å². The van der Waals surface area contributed by atoms with Crippen molar-refractivity contribution in [3.8, 4) is 0 Å². The smallest absolute Gasteiger partial charge is 0.257 e. The number of carbonyl (C=O) groups is 1. The number of carbonyl (C=O) groups excluding carboxylic acids is 1. The van der Waals surface area contributed by atoms with Crippen LogP contribution in [0.2, 0.25) is 0 Å². The highest BCUT2D eigenvalue weighted by molar-refractivity contribution is 5.95. The summed E-state index contributed by atoms with van der Waals surface area (Å²) >= 11 is 0. The maximum absolute atomic E-state index is 13.2. The monoisotopic (exact) mass is 384 g/mol. The topological polar surface area (TPSA) is 87.4 Å². The Bertz CT molecular complexity index is 838. The number of aromatic nitrogens is 4. The standard InChI is InChI=1S/C20H28N6O2/c1-3-26-15(2)16(12-23-26)18(28)24-10-4-7-20(13-24)14-25(11-6-17(20)27)19-21-8-5-9-22-19/h5,8-9,12,17,27H,3-4,6-7,10-11,13-14H2,1-2H3/t17-,20+/m1/s1. The molecule has 4 heterocycles. The molecule has 2 aliphatic heterocycles. The number of aliphatic hydroxyl groups excluding tert-OH is 1. The molecule has 0 aromatic carbocycles. The number of rotatable bonds is 3. The van der Waals surface area contributed by atoms with Crippen molar-refractivity contribution in [2.75, 3.05) is 31.1 Å². The van der Waals surface area contributed by atoms with Gasteiger partial charge in [-0.3, -0.25) is 9.48 Å². The first-order valence-corrected chi connectivity index (χ1v) is 10.1. The van der Waals surface area contributed by atoms with Gasteiger partial charge in [0.1, 0.15) is 0 Å². The van der Waals surface area contributed by atoms with E-state index in [1.807, 2.05) is 23.4 Å². The van der Waals surface area contributed by atoms with Crippen LogP contribution in [0.1, 0.15) is 42.2 Å². The zero-order valence-electron chi connectivity index (χ0n) is 16.6. The van der Waals surface area contributed by atoms with Crippen LogP contribution in [0.4, 0.5) is 5.95 Å². The molecule has 0 bridgehead atoms. The van der Waals surface area contributed by atoms with Gasteiger partial charge in [0.2, 0.25) is 5.95 Å². The second kappa shape index (κ2) is 7.50. The zero-order chi connectivity index (χ0) is 19.7. The Labute approximate surface area is 165 Å². The summed E-state index contributed by atoms with van der Waals surface area (Å²) in [6.45, 7) is 7.35. The van der Waals surface area contributed by atoms with Crippen molar-refractivity contribution in [2.24, 2.45) is 5.41 Å². The zero-order valence-corrected chi connectivity index (χ0v) is 16.6. The van der Waals surface area contributed by atoms with Crippen molar-refractivity contribution < 1.29 is 9.90 Å². The molecule has 2 aliphatic rings. The van der Waals surface area contributed by atoms with Gasteiger partial charge in [0.15, 0.2) is 0 Å². The van der Waals surface area contributed by atoms with Gasteiger partial charge >= 0.3 is 0 Å². The van der Waals surface area contributed by atoms with Crippen molar-refractivity contribution in [1.82, 2.24) is 24.6 Å². The third-order valence-electron chi connectivity index (χ3n) is 6.25. The number of anilines is 1. The van der Waals surface area contributed by atoms with Crippen molar-refractivity contribution in [2.45, 2.75) is 45.8 Å². The summed E-state index contributed by atoms with van der Waals surface area (Å²) in [6.07, 6.45) is 7.16. The molecule has 2 aromatic heterocycles. The van der Waals surface area contributed by atoms with E-state index in [1.54, 1.807) is 24.7 Å². The molecule has 8 heteroatoms. The number of amides is 1. The van der Waals surface area contributed by atoms with E-state index in [-0.39, 0.29) is 11.3 Å². The van der Waals surface area contributed by atoms with Crippen LogP contribution in [0, 0.1) is 12.3 Å². The van der Waals surface area contributed by atoms with Crippen LogP contribution in [-0.2, 0) is 6.54 Å². The van der Waals surface area contributed by atoms with Crippen molar-refractivity contribution >= 4 is 11.9 Å². The van der Waals surface area contributed by atoms with E-state index in [1.165, 1.54) is 0 Å². The lowest BCUT2D eigenvalue weighted by atomic mass is 9.71. The molecule has 1 N–H and O–H groups in total. The Hall–Kier alpha value is -2.48. The van der Waals surface area contributed by atoms with Gasteiger partial charge in [-0.1, -0.05) is 0 Å². The third-order valence-corrected chi connectivity index (χ3v) is 6.25. The lowest BCUT2D eigenvalue weighted by Gasteiger charge is -2.51. The van der Waals surface area contributed by atoms with Crippen LogP contribution < -0.4 is 4.90 Å². The number of likely N-dealkylation sites (tertiary alicyclic amines) is 1. The SMILES string of the molecule is CCn1ncc(C(=O)N2CCC[C@]3(C2)CN(c2ncccn2)CC[C@H]3O)c1C. The van der Waals surface area contributed by atoms with Crippen LogP contribution in [0.3, 0.4) is 0 Å². The number of aryl methyl sites for hydroxylation is 1.